The molecule has 3 nitrogen and oxygen atoms in total. The highest BCUT2D eigenvalue weighted by molar-refractivity contribution is 5.81. The number of hydrogen-bond acceptors (Lipinski definition) is 3. The average Bonchev–Trinajstić information content (AvgIpc) is 2.74. The van der Waals surface area contributed by atoms with Crippen molar-refractivity contribution in [2.24, 2.45) is 5.92 Å². The normalized spacial score (nSPS) is 16.0. The molecule has 4 rings (SSSR count). The molecule has 0 spiro atoms. The van der Waals surface area contributed by atoms with Crippen LogP contribution in [0.25, 0.3) is 10.9 Å². The van der Waals surface area contributed by atoms with E-state index in [2.05, 4.69) is 22.9 Å². The Morgan fingerprint density at radius 2 is 1.89 bits per heavy atom. The lowest BCUT2D eigenvalue weighted by Crippen LogP contribution is -2.16. The Hall–Kier alpha value is -2.81. The van der Waals surface area contributed by atoms with Gasteiger partial charge >= 0.3 is 0 Å². The Labute approximate surface area is 167 Å². The van der Waals surface area contributed by atoms with Crippen molar-refractivity contribution in [1.82, 2.24) is 4.98 Å². The van der Waals surface area contributed by atoms with E-state index in [0.717, 1.165) is 23.1 Å². The molecular formula is C25H28N2O. The van der Waals surface area contributed by atoms with Crippen LogP contribution in [0.1, 0.15) is 50.0 Å². The Kier molecular flexibility index (Phi) is 5.61. The number of nitrogens with one attached hydrogen (secondary N) is 1. The van der Waals surface area contributed by atoms with Gasteiger partial charge in [0.05, 0.1) is 11.2 Å². The van der Waals surface area contributed by atoms with Crippen LogP contribution in [0, 0.1) is 5.92 Å². The maximum absolute atomic E-state index is 10.7. The maximum Gasteiger partial charge on any atom is 0.139 e. The summed E-state index contributed by atoms with van der Waals surface area (Å²) in [6.07, 6.45) is 9.52. The predicted octanol–water partition coefficient (Wildman–Crippen LogP) is 6.92. The van der Waals surface area contributed by atoms with Crippen molar-refractivity contribution < 1.29 is 5.11 Å². The van der Waals surface area contributed by atoms with Crippen molar-refractivity contribution in [1.29, 1.82) is 0 Å². The maximum atomic E-state index is 10.7. The van der Waals surface area contributed by atoms with Gasteiger partial charge in [0.15, 0.2) is 0 Å². The van der Waals surface area contributed by atoms with E-state index in [9.17, 15) is 5.11 Å². The number of pyridine rings is 1. The molecular weight excluding hydrogens is 344 g/mol. The second-order valence-corrected chi connectivity index (χ2v) is 7.82. The number of fused-ring (bicyclic) bond motifs is 1. The summed E-state index contributed by atoms with van der Waals surface area (Å²) < 4.78 is 0. The van der Waals surface area contributed by atoms with Gasteiger partial charge in [-0.15, -0.1) is 6.58 Å². The lowest BCUT2D eigenvalue weighted by Gasteiger charge is -2.30. The van der Waals surface area contributed by atoms with Crippen LogP contribution in [0.15, 0.2) is 67.3 Å². The first-order valence-electron chi connectivity index (χ1n) is 10.3. The number of hydrogen-bond donors (Lipinski definition) is 2. The van der Waals surface area contributed by atoms with E-state index >= 15 is 0 Å². The number of anilines is 2. The highest BCUT2D eigenvalue weighted by Gasteiger charge is 2.24. The third-order valence-corrected chi connectivity index (χ3v) is 5.95. The van der Waals surface area contributed by atoms with Crippen LogP contribution >= 0.6 is 0 Å². The SMILES string of the molecule is C=CCC(c1ccc(Nc2ccc3ccccc3n2)c(O)c1)C1CCCCC1. The highest BCUT2D eigenvalue weighted by atomic mass is 16.3. The fourth-order valence-corrected chi connectivity index (χ4v) is 4.48. The van der Waals surface area contributed by atoms with Gasteiger partial charge in [0.1, 0.15) is 11.6 Å². The Morgan fingerprint density at radius 1 is 1.07 bits per heavy atom. The van der Waals surface area contributed by atoms with Crippen molar-refractivity contribution in [2.75, 3.05) is 5.32 Å². The number of benzene rings is 2. The Balaban J connectivity index is 1.56. The van der Waals surface area contributed by atoms with E-state index in [0.29, 0.717) is 17.5 Å². The van der Waals surface area contributed by atoms with Gasteiger partial charge in [-0.05, 0) is 67.0 Å². The molecule has 1 heterocycles. The third-order valence-electron chi connectivity index (χ3n) is 5.95. The molecule has 1 aliphatic carbocycles. The van der Waals surface area contributed by atoms with Gasteiger partial charge in [-0.25, -0.2) is 4.98 Å². The van der Waals surface area contributed by atoms with Crippen LogP contribution in [0.5, 0.6) is 5.75 Å². The van der Waals surface area contributed by atoms with E-state index < -0.39 is 0 Å². The summed E-state index contributed by atoms with van der Waals surface area (Å²) in [5, 5.41) is 15.0. The van der Waals surface area contributed by atoms with Gasteiger partial charge in [0, 0.05) is 5.39 Å². The third kappa shape index (κ3) is 4.04. The summed E-state index contributed by atoms with van der Waals surface area (Å²) in [6, 6.07) is 18.1. The van der Waals surface area contributed by atoms with Crippen LogP contribution in [0.3, 0.4) is 0 Å². The lowest BCUT2D eigenvalue weighted by molar-refractivity contribution is 0.304. The zero-order chi connectivity index (χ0) is 19.3. The van der Waals surface area contributed by atoms with E-state index in [1.807, 2.05) is 54.6 Å². The van der Waals surface area contributed by atoms with Gasteiger partial charge in [-0.1, -0.05) is 49.6 Å². The van der Waals surface area contributed by atoms with Gasteiger partial charge in [0.25, 0.3) is 0 Å². The smallest absolute Gasteiger partial charge is 0.139 e. The summed E-state index contributed by atoms with van der Waals surface area (Å²) in [6.45, 7) is 3.96. The molecule has 1 aromatic heterocycles. The van der Waals surface area contributed by atoms with Crippen molar-refractivity contribution in [3.63, 3.8) is 0 Å². The number of nitrogens with zero attached hydrogens (tertiary/aromatic N) is 1. The minimum Gasteiger partial charge on any atom is -0.506 e. The molecule has 0 bridgehead atoms. The minimum atomic E-state index is 0.275. The number of aromatic hydroxyl groups is 1. The van der Waals surface area contributed by atoms with E-state index in [-0.39, 0.29) is 5.75 Å². The molecule has 1 unspecified atom stereocenters. The van der Waals surface area contributed by atoms with Crippen molar-refractivity contribution in [2.45, 2.75) is 44.4 Å². The van der Waals surface area contributed by atoms with Crippen molar-refractivity contribution in [3.05, 3.63) is 72.8 Å². The Morgan fingerprint density at radius 3 is 2.68 bits per heavy atom. The summed E-state index contributed by atoms with van der Waals surface area (Å²) in [5.41, 5.74) is 2.83. The fraction of sp³-hybridized carbons (Fsp3) is 0.320. The van der Waals surface area contributed by atoms with Gasteiger partial charge in [0.2, 0.25) is 0 Å². The molecule has 2 aromatic carbocycles. The lowest BCUT2D eigenvalue weighted by atomic mass is 9.75. The van der Waals surface area contributed by atoms with E-state index in [1.54, 1.807) is 0 Å². The average molecular weight is 373 g/mol. The molecule has 0 aliphatic heterocycles. The van der Waals surface area contributed by atoms with Gasteiger partial charge in [-0.2, -0.15) is 0 Å². The number of para-hydroxylation sites is 1. The second-order valence-electron chi connectivity index (χ2n) is 7.82. The molecule has 144 valence electrons. The molecule has 0 saturated heterocycles. The van der Waals surface area contributed by atoms with Crippen LogP contribution in [0.4, 0.5) is 11.5 Å². The number of rotatable bonds is 6. The quantitative estimate of drug-likeness (QED) is 0.364. The van der Waals surface area contributed by atoms with Gasteiger partial charge in [-0.3, -0.25) is 0 Å². The second kappa shape index (κ2) is 8.47. The van der Waals surface area contributed by atoms with Crippen LogP contribution in [-0.2, 0) is 0 Å². The van der Waals surface area contributed by atoms with Crippen molar-refractivity contribution in [3.8, 4) is 5.75 Å². The molecule has 3 aromatic rings. The number of allylic oxidation sites excluding steroid dienone is 1. The van der Waals surface area contributed by atoms with Crippen LogP contribution < -0.4 is 5.32 Å². The molecule has 0 radical (unpaired) electrons. The molecule has 3 heteroatoms. The molecule has 0 amide bonds. The first-order valence-corrected chi connectivity index (χ1v) is 10.3. The molecule has 28 heavy (non-hydrogen) atoms. The predicted molar refractivity (Wildman–Crippen MR) is 117 cm³/mol. The summed E-state index contributed by atoms with van der Waals surface area (Å²) in [4.78, 5) is 4.64. The standard InChI is InChI=1S/C25H28N2O/c1-2-8-21(18-9-4-3-5-10-18)20-13-15-23(24(28)17-20)27-25-16-14-19-11-6-7-12-22(19)26-25/h2,6-7,11-18,21,28H,1,3-5,8-10H2,(H,26,27). The topological polar surface area (TPSA) is 45.2 Å². The van der Waals surface area contributed by atoms with Crippen molar-refractivity contribution >= 4 is 22.4 Å². The number of phenols is 1. The summed E-state index contributed by atoms with van der Waals surface area (Å²) in [7, 11) is 0. The number of aromatic nitrogens is 1. The molecule has 1 saturated carbocycles. The zero-order valence-electron chi connectivity index (χ0n) is 16.3. The van der Waals surface area contributed by atoms with Crippen LogP contribution in [0.2, 0.25) is 0 Å². The number of phenolic OH excluding ortho intramolecular Hbond substituents is 1. The monoisotopic (exact) mass is 372 g/mol. The summed E-state index contributed by atoms with van der Waals surface area (Å²) in [5.74, 6) is 2.14. The summed E-state index contributed by atoms with van der Waals surface area (Å²) >= 11 is 0. The minimum absolute atomic E-state index is 0.275. The fourth-order valence-electron chi connectivity index (χ4n) is 4.48. The van der Waals surface area contributed by atoms with E-state index in [4.69, 9.17) is 0 Å². The van der Waals surface area contributed by atoms with E-state index in [1.165, 1.54) is 37.7 Å². The molecule has 2 N–H and O–H groups in total. The molecule has 1 atom stereocenters. The Bertz CT molecular complexity index is 960. The molecule has 1 fully saturated rings. The zero-order valence-corrected chi connectivity index (χ0v) is 16.3. The first kappa shape index (κ1) is 18.5. The molecule has 1 aliphatic rings. The first-order chi connectivity index (χ1) is 13.7. The van der Waals surface area contributed by atoms with Gasteiger partial charge < -0.3 is 10.4 Å². The largest absolute Gasteiger partial charge is 0.506 e. The van der Waals surface area contributed by atoms with Crippen LogP contribution in [-0.4, -0.2) is 10.1 Å². The highest BCUT2D eigenvalue weighted by Crippen LogP contribution is 2.40.